The summed E-state index contributed by atoms with van der Waals surface area (Å²) in [7, 11) is 0. The Morgan fingerprint density at radius 1 is 1.15 bits per heavy atom. The van der Waals surface area contributed by atoms with Crippen molar-refractivity contribution in [3.05, 3.63) is 29.8 Å². The van der Waals surface area contributed by atoms with Gasteiger partial charge in [0.2, 0.25) is 0 Å². The van der Waals surface area contributed by atoms with E-state index in [4.69, 9.17) is 0 Å². The molecule has 0 radical (unpaired) electrons. The van der Waals surface area contributed by atoms with Gasteiger partial charge in [-0.15, -0.1) is 0 Å². The van der Waals surface area contributed by atoms with Gasteiger partial charge in [-0.1, -0.05) is 37.5 Å². The van der Waals surface area contributed by atoms with Crippen molar-refractivity contribution < 1.29 is 22.8 Å². The summed E-state index contributed by atoms with van der Waals surface area (Å²) in [5, 5.41) is 0. The molecule has 1 saturated carbocycles. The van der Waals surface area contributed by atoms with E-state index in [1.54, 1.807) is 12.1 Å². The smallest absolute Gasteiger partial charge is 0.335 e. The van der Waals surface area contributed by atoms with Gasteiger partial charge >= 0.3 is 12.1 Å². The average molecular weight is 287 g/mol. The van der Waals surface area contributed by atoms with E-state index in [2.05, 4.69) is 10.3 Å². The summed E-state index contributed by atoms with van der Waals surface area (Å²) in [5.41, 5.74) is 3.48. The highest BCUT2D eigenvalue weighted by Crippen LogP contribution is 2.36. The first-order chi connectivity index (χ1) is 9.48. The van der Waals surface area contributed by atoms with Gasteiger partial charge in [0.1, 0.15) is 0 Å². The Labute approximate surface area is 115 Å². The lowest BCUT2D eigenvalue weighted by atomic mass is 9.83. The van der Waals surface area contributed by atoms with Crippen molar-refractivity contribution in [1.29, 1.82) is 0 Å². The first kappa shape index (κ1) is 14.7. The number of nitrogens with one attached hydrogen (secondary N) is 1. The molecule has 0 aliphatic heterocycles. The molecule has 3 nitrogen and oxygen atoms in total. The van der Waals surface area contributed by atoms with E-state index in [0.717, 1.165) is 31.2 Å². The third kappa shape index (κ3) is 3.65. The molecule has 1 N–H and O–H groups in total. The van der Waals surface area contributed by atoms with Gasteiger partial charge < -0.3 is 4.84 Å². The van der Waals surface area contributed by atoms with Crippen LogP contribution in [0.3, 0.4) is 0 Å². The summed E-state index contributed by atoms with van der Waals surface area (Å²) in [4.78, 5) is 14.8. The first-order valence-corrected chi connectivity index (χ1v) is 6.61. The van der Waals surface area contributed by atoms with E-state index in [1.807, 2.05) is 12.1 Å². The zero-order chi connectivity index (χ0) is 14.6. The zero-order valence-electron chi connectivity index (χ0n) is 10.9. The lowest BCUT2D eigenvalue weighted by molar-refractivity contribution is -0.196. The van der Waals surface area contributed by atoms with Crippen LogP contribution < -0.4 is 5.48 Å². The lowest BCUT2D eigenvalue weighted by Gasteiger charge is -2.24. The van der Waals surface area contributed by atoms with Crippen LogP contribution in [0.25, 0.3) is 0 Å². The zero-order valence-corrected chi connectivity index (χ0v) is 10.9. The van der Waals surface area contributed by atoms with E-state index in [-0.39, 0.29) is 0 Å². The standard InChI is InChI=1S/C14H16F3NO2/c15-14(16,17)13(19)20-18-12-9-5-4-8-11(12)10-6-2-1-3-7-10/h4-5,8-10,18H,1-3,6-7H2. The van der Waals surface area contributed by atoms with Crippen LogP contribution in [0.4, 0.5) is 18.9 Å². The predicted molar refractivity (Wildman–Crippen MR) is 68.0 cm³/mol. The molecule has 20 heavy (non-hydrogen) atoms. The minimum absolute atomic E-state index is 0.303. The molecule has 1 aromatic carbocycles. The molecule has 0 saturated heterocycles. The summed E-state index contributed by atoms with van der Waals surface area (Å²) in [6, 6.07) is 7.00. The largest absolute Gasteiger partial charge is 0.493 e. The van der Waals surface area contributed by atoms with Crippen molar-refractivity contribution in [3.63, 3.8) is 0 Å². The van der Waals surface area contributed by atoms with Crippen molar-refractivity contribution in [1.82, 2.24) is 0 Å². The van der Waals surface area contributed by atoms with Crippen LogP contribution in [0.2, 0.25) is 0 Å². The monoisotopic (exact) mass is 287 g/mol. The van der Waals surface area contributed by atoms with Gasteiger partial charge in [-0.3, -0.25) is 0 Å². The molecule has 1 aromatic rings. The third-order valence-corrected chi connectivity index (χ3v) is 3.49. The minimum atomic E-state index is -4.99. The summed E-state index contributed by atoms with van der Waals surface area (Å²) in [5.74, 6) is -1.94. The second kappa shape index (κ2) is 6.15. The molecule has 0 bridgehead atoms. The number of carbonyl (C=O) groups excluding carboxylic acids is 1. The van der Waals surface area contributed by atoms with Crippen molar-refractivity contribution in [3.8, 4) is 0 Å². The molecule has 0 atom stereocenters. The second-order valence-corrected chi connectivity index (χ2v) is 4.91. The van der Waals surface area contributed by atoms with Crippen LogP contribution in [0.1, 0.15) is 43.6 Å². The van der Waals surface area contributed by atoms with Crippen molar-refractivity contribution in [2.45, 2.75) is 44.2 Å². The highest BCUT2D eigenvalue weighted by Gasteiger charge is 2.41. The highest BCUT2D eigenvalue weighted by atomic mass is 19.4. The Hall–Kier alpha value is -1.72. The fourth-order valence-corrected chi connectivity index (χ4v) is 2.52. The van der Waals surface area contributed by atoms with E-state index in [1.165, 1.54) is 6.42 Å². The summed E-state index contributed by atoms with van der Waals surface area (Å²) in [6.07, 6.45) is 0.433. The number of rotatable bonds is 3. The molecule has 0 unspecified atom stereocenters. The average Bonchev–Trinajstić information content (AvgIpc) is 2.45. The Morgan fingerprint density at radius 3 is 2.45 bits per heavy atom. The number of halogens is 3. The number of alkyl halides is 3. The van der Waals surface area contributed by atoms with Gasteiger partial charge in [0, 0.05) is 0 Å². The first-order valence-electron chi connectivity index (χ1n) is 6.61. The maximum Gasteiger partial charge on any atom is 0.493 e. The van der Waals surface area contributed by atoms with Crippen molar-refractivity contribution >= 4 is 11.7 Å². The Balaban J connectivity index is 2.06. The SMILES string of the molecule is O=C(ONc1ccccc1C1CCCCC1)C(F)(F)F. The Bertz CT molecular complexity index is 468. The predicted octanol–water partition coefficient (Wildman–Crippen LogP) is 4.17. The fraction of sp³-hybridized carbons (Fsp3) is 0.500. The maximum absolute atomic E-state index is 12.1. The van der Waals surface area contributed by atoms with Crippen LogP contribution in [-0.2, 0) is 9.63 Å². The highest BCUT2D eigenvalue weighted by molar-refractivity contribution is 5.76. The van der Waals surface area contributed by atoms with E-state index in [0.29, 0.717) is 11.6 Å². The number of carbonyl (C=O) groups is 1. The normalized spacial score (nSPS) is 16.8. The van der Waals surface area contributed by atoms with E-state index in [9.17, 15) is 18.0 Å². The molecule has 1 fully saturated rings. The van der Waals surface area contributed by atoms with Gasteiger partial charge in [0.15, 0.2) is 0 Å². The van der Waals surface area contributed by atoms with Crippen LogP contribution in [0.15, 0.2) is 24.3 Å². The van der Waals surface area contributed by atoms with Crippen molar-refractivity contribution in [2.24, 2.45) is 0 Å². The Morgan fingerprint density at radius 2 is 1.80 bits per heavy atom. The maximum atomic E-state index is 12.1. The van der Waals surface area contributed by atoms with Gasteiger partial charge in [0.05, 0.1) is 5.69 Å². The van der Waals surface area contributed by atoms with Gasteiger partial charge in [-0.2, -0.15) is 13.2 Å². The summed E-state index contributed by atoms with van der Waals surface area (Å²) in [6.45, 7) is 0. The van der Waals surface area contributed by atoms with Crippen LogP contribution in [-0.4, -0.2) is 12.1 Å². The summed E-state index contributed by atoms with van der Waals surface area (Å²) < 4.78 is 36.3. The minimum Gasteiger partial charge on any atom is -0.335 e. The van der Waals surface area contributed by atoms with Gasteiger partial charge in [-0.05, 0) is 30.4 Å². The molecule has 2 rings (SSSR count). The lowest BCUT2D eigenvalue weighted by Crippen LogP contribution is -2.27. The molecule has 0 spiro atoms. The molecule has 110 valence electrons. The van der Waals surface area contributed by atoms with Gasteiger partial charge in [0.25, 0.3) is 0 Å². The molecule has 1 aliphatic rings. The molecule has 0 amide bonds. The second-order valence-electron chi connectivity index (χ2n) is 4.91. The van der Waals surface area contributed by atoms with Crippen LogP contribution in [0, 0.1) is 0 Å². The quantitative estimate of drug-likeness (QED) is 0.848. The fourth-order valence-electron chi connectivity index (χ4n) is 2.52. The molecule has 0 aromatic heterocycles. The molecule has 1 aliphatic carbocycles. The van der Waals surface area contributed by atoms with Crippen molar-refractivity contribution in [2.75, 3.05) is 5.48 Å². The molecule has 0 heterocycles. The molecular formula is C14H16F3NO2. The van der Waals surface area contributed by atoms with Gasteiger partial charge in [-0.25, -0.2) is 10.3 Å². The number of anilines is 1. The topological polar surface area (TPSA) is 38.3 Å². The molecule has 6 heteroatoms. The number of hydrogen-bond acceptors (Lipinski definition) is 3. The van der Waals surface area contributed by atoms with Crippen LogP contribution in [0.5, 0.6) is 0 Å². The van der Waals surface area contributed by atoms with E-state index >= 15 is 0 Å². The molecular weight excluding hydrogens is 271 g/mol. The van der Waals surface area contributed by atoms with E-state index < -0.39 is 12.1 Å². The number of para-hydroxylation sites is 1. The number of hydrogen-bond donors (Lipinski definition) is 1. The third-order valence-electron chi connectivity index (χ3n) is 3.49. The number of benzene rings is 1. The Kier molecular flexibility index (Phi) is 4.52. The van der Waals surface area contributed by atoms with Crippen LogP contribution >= 0.6 is 0 Å². The summed E-state index contributed by atoms with van der Waals surface area (Å²) >= 11 is 0.